The Morgan fingerprint density at radius 3 is 2.69 bits per heavy atom. The van der Waals surface area contributed by atoms with E-state index in [1.54, 1.807) is 13.0 Å². The number of aliphatic hydroxyl groups excluding tert-OH is 1. The van der Waals surface area contributed by atoms with Crippen molar-refractivity contribution in [3.63, 3.8) is 0 Å². The number of fused-ring (bicyclic) bond motifs is 5. The first kappa shape index (κ1) is 23.8. The Balaban J connectivity index is 1.76. The quantitative estimate of drug-likeness (QED) is 0.369. The molecule has 0 saturated heterocycles. The Morgan fingerprint density at radius 1 is 1.31 bits per heavy atom. The summed E-state index contributed by atoms with van der Waals surface area (Å²) in [6.45, 7) is 5.84. The molecule has 0 aromatic rings. The molecule has 0 amide bonds. The molecule has 2 saturated carbocycles. The van der Waals surface area contributed by atoms with E-state index in [2.05, 4.69) is 13.0 Å². The number of hydrogen-bond acceptors (Lipinski definition) is 6. The molecule has 1 N–H and O–H groups in total. The lowest BCUT2D eigenvalue weighted by molar-refractivity contribution is -0.211. The first-order chi connectivity index (χ1) is 15.0. The molecule has 8 heteroatoms. The van der Waals surface area contributed by atoms with Crippen LogP contribution in [0.4, 0.5) is 0 Å². The average Bonchev–Trinajstić information content (AvgIpc) is 3.01. The van der Waals surface area contributed by atoms with Crippen molar-refractivity contribution in [1.82, 2.24) is 0 Å². The van der Waals surface area contributed by atoms with Crippen LogP contribution in [0.2, 0.25) is 0 Å². The molecule has 0 aliphatic heterocycles. The highest BCUT2D eigenvalue weighted by Gasteiger charge is 2.71. The van der Waals surface area contributed by atoms with E-state index in [1.165, 1.54) is 0 Å². The summed E-state index contributed by atoms with van der Waals surface area (Å²) in [5.74, 6) is -1.43. The lowest BCUT2D eigenvalue weighted by Gasteiger charge is -2.59. The summed E-state index contributed by atoms with van der Waals surface area (Å²) in [6.07, 6.45) is 7.23. The fraction of sp³-hybridized carbons (Fsp3) is 0.708. The van der Waals surface area contributed by atoms with Crippen LogP contribution in [0, 0.1) is 28.6 Å². The molecule has 6 unspecified atom stereocenters. The highest BCUT2D eigenvalue weighted by atomic mass is 35.5. The van der Waals surface area contributed by atoms with Gasteiger partial charge in [0.15, 0.2) is 5.78 Å². The third-order valence-electron chi connectivity index (χ3n) is 8.63. The number of aliphatic hydroxyl groups is 1. The van der Waals surface area contributed by atoms with Crippen molar-refractivity contribution in [2.24, 2.45) is 28.6 Å². The van der Waals surface area contributed by atoms with Crippen LogP contribution in [0.15, 0.2) is 23.8 Å². The first-order valence-electron chi connectivity index (χ1n) is 11.3. The van der Waals surface area contributed by atoms with Crippen LogP contribution in [0.25, 0.3) is 0 Å². The number of ether oxygens (including phenoxy) is 2. The summed E-state index contributed by atoms with van der Waals surface area (Å²) in [6, 6.07) is 0. The zero-order chi connectivity index (χ0) is 23.5. The number of halogens is 2. The van der Waals surface area contributed by atoms with Gasteiger partial charge in [-0.1, -0.05) is 54.8 Å². The number of carbonyl (C=O) groups is 3. The van der Waals surface area contributed by atoms with Crippen molar-refractivity contribution < 1.29 is 29.0 Å². The zero-order valence-electron chi connectivity index (χ0n) is 18.6. The number of rotatable bonds is 4. The summed E-state index contributed by atoms with van der Waals surface area (Å²) >= 11 is 11.5. The minimum atomic E-state index is -1.55. The summed E-state index contributed by atoms with van der Waals surface area (Å²) in [5.41, 5.74) is -1.75. The molecule has 0 bridgehead atoms. The Bertz CT molecular complexity index is 897. The van der Waals surface area contributed by atoms with E-state index >= 15 is 0 Å². The van der Waals surface area contributed by atoms with Gasteiger partial charge in [0.1, 0.15) is 0 Å². The second kappa shape index (κ2) is 8.14. The third-order valence-corrected chi connectivity index (χ3v) is 8.99. The number of ketones is 1. The van der Waals surface area contributed by atoms with E-state index in [-0.39, 0.29) is 43.0 Å². The minimum Gasteiger partial charge on any atom is -0.463 e. The van der Waals surface area contributed by atoms with E-state index in [9.17, 15) is 19.5 Å². The zero-order valence-corrected chi connectivity index (χ0v) is 20.1. The predicted molar refractivity (Wildman–Crippen MR) is 119 cm³/mol. The van der Waals surface area contributed by atoms with Gasteiger partial charge in [0.05, 0.1) is 12.7 Å². The maximum absolute atomic E-state index is 13.3. The second-order valence-corrected chi connectivity index (χ2v) is 11.1. The molecule has 7 atom stereocenters. The van der Waals surface area contributed by atoms with E-state index in [0.717, 1.165) is 5.57 Å². The topological polar surface area (TPSA) is 89.9 Å². The number of allylic oxidation sites excluding steroid dienone is 4. The Kier molecular flexibility index (Phi) is 6.05. The van der Waals surface area contributed by atoms with Gasteiger partial charge >= 0.3 is 11.9 Å². The van der Waals surface area contributed by atoms with Gasteiger partial charge in [-0.25, -0.2) is 9.59 Å². The number of hydrogen-bond donors (Lipinski definition) is 1. The molecule has 0 heterocycles. The van der Waals surface area contributed by atoms with Crippen LogP contribution in [0.5, 0.6) is 0 Å². The first-order valence-corrected chi connectivity index (χ1v) is 12.2. The summed E-state index contributed by atoms with van der Waals surface area (Å²) < 4.78 is 11.1. The van der Waals surface area contributed by atoms with E-state index < -0.39 is 39.3 Å². The van der Waals surface area contributed by atoms with Gasteiger partial charge in [-0.05, 0) is 50.5 Å². The molecule has 4 aliphatic rings. The van der Waals surface area contributed by atoms with Crippen molar-refractivity contribution in [3.8, 4) is 0 Å². The Hall–Kier alpha value is -1.37. The maximum Gasteiger partial charge on any atom is 0.351 e. The SMILES string of the molecule is CCOC(=O)[C@@]1(OC(=O)C(Cl)Cl)CCC2C3CC=C4CC(=O)C=CC4(C)C3C(O)CC21C. The average molecular weight is 485 g/mol. The number of esters is 2. The van der Waals surface area contributed by atoms with Crippen molar-refractivity contribution in [1.29, 1.82) is 0 Å². The smallest absolute Gasteiger partial charge is 0.351 e. The molecule has 176 valence electrons. The lowest BCUT2D eigenvalue weighted by Crippen LogP contribution is -2.62. The van der Waals surface area contributed by atoms with Gasteiger partial charge in [-0.3, -0.25) is 4.79 Å². The molecule has 0 spiro atoms. The van der Waals surface area contributed by atoms with Crippen molar-refractivity contribution in [3.05, 3.63) is 23.8 Å². The van der Waals surface area contributed by atoms with Crippen molar-refractivity contribution >= 4 is 40.9 Å². The van der Waals surface area contributed by atoms with Gasteiger partial charge in [-0.15, -0.1) is 0 Å². The van der Waals surface area contributed by atoms with Gasteiger partial charge < -0.3 is 14.6 Å². The highest BCUT2D eigenvalue weighted by molar-refractivity contribution is 6.53. The van der Waals surface area contributed by atoms with E-state index in [0.29, 0.717) is 19.3 Å². The van der Waals surface area contributed by atoms with Crippen LogP contribution in [0.1, 0.15) is 52.9 Å². The lowest BCUT2D eigenvalue weighted by atomic mass is 9.47. The largest absolute Gasteiger partial charge is 0.463 e. The van der Waals surface area contributed by atoms with Gasteiger partial charge in [0.25, 0.3) is 0 Å². The normalized spacial score (nSPS) is 42.6. The maximum atomic E-state index is 13.3. The predicted octanol–water partition coefficient (Wildman–Crippen LogP) is 3.91. The molecule has 6 nitrogen and oxygen atoms in total. The van der Waals surface area contributed by atoms with Crippen LogP contribution < -0.4 is 0 Å². The standard InChI is InChI=1S/C24H30Cl2O6/c1-4-31-21(30)24(32-20(29)19(25)26)10-8-16-15-6-5-13-11-14(27)7-9-22(13,2)18(15)17(28)12-23(16,24)3/h5,7,9,15-19,28H,4,6,8,10-12H2,1-3H3/t15?,16?,17?,18?,22?,23?,24-/m0/s1. The molecule has 0 aromatic carbocycles. The molecule has 4 aliphatic carbocycles. The van der Waals surface area contributed by atoms with Crippen LogP contribution in [-0.2, 0) is 23.9 Å². The molecule has 2 fully saturated rings. The summed E-state index contributed by atoms with van der Waals surface area (Å²) in [7, 11) is 0. The molecule has 4 rings (SSSR count). The summed E-state index contributed by atoms with van der Waals surface area (Å²) in [4.78, 5) is 36.3. The fourth-order valence-electron chi connectivity index (χ4n) is 7.23. The summed E-state index contributed by atoms with van der Waals surface area (Å²) in [5, 5.41) is 11.5. The monoisotopic (exact) mass is 484 g/mol. The highest BCUT2D eigenvalue weighted by Crippen LogP contribution is 2.67. The van der Waals surface area contributed by atoms with Crippen LogP contribution in [-0.4, -0.2) is 46.0 Å². The number of alkyl halides is 2. The molecule has 0 radical (unpaired) electrons. The third kappa shape index (κ3) is 3.28. The Morgan fingerprint density at radius 2 is 2.03 bits per heavy atom. The van der Waals surface area contributed by atoms with Gasteiger partial charge in [0.2, 0.25) is 10.4 Å². The molecular weight excluding hydrogens is 455 g/mol. The fourth-order valence-corrected chi connectivity index (χ4v) is 7.32. The van der Waals surface area contributed by atoms with Gasteiger partial charge in [0, 0.05) is 23.2 Å². The molecule has 32 heavy (non-hydrogen) atoms. The second-order valence-electron chi connectivity index (χ2n) is 10.0. The minimum absolute atomic E-state index is 0.0119. The van der Waals surface area contributed by atoms with Crippen molar-refractivity contribution in [2.75, 3.05) is 6.61 Å². The molecule has 0 aromatic heterocycles. The van der Waals surface area contributed by atoms with Crippen LogP contribution in [0.3, 0.4) is 0 Å². The van der Waals surface area contributed by atoms with Crippen molar-refractivity contribution in [2.45, 2.75) is 69.4 Å². The van der Waals surface area contributed by atoms with Gasteiger partial charge in [-0.2, -0.15) is 0 Å². The van der Waals surface area contributed by atoms with E-state index in [1.807, 2.05) is 13.0 Å². The number of carbonyl (C=O) groups excluding carboxylic acids is 3. The molecular formula is C24H30Cl2O6. The van der Waals surface area contributed by atoms with E-state index in [4.69, 9.17) is 32.7 Å². The van der Waals surface area contributed by atoms with Crippen LogP contribution >= 0.6 is 23.2 Å². The Labute approximate surface area is 198 Å².